The van der Waals surface area contributed by atoms with Crippen LogP contribution >= 0.6 is 11.6 Å². The molecule has 0 fully saturated rings. The van der Waals surface area contributed by atoms with Crippen LogP contribution in [0, 0.1) is 0 Å². The van der Waals surface area contributed by atoms with Gasteiger partial charge in [0.15, 0.2) is 0 Å². The Morgan fingerprint density at radius 3 is 2.29 bits per heavy atom. The molecule has 0 aliphatic heterocycles. The number of rotatable bonds is 7. The predicted octanol–water partition coefficient (Wildman–Crippen LogP) is 2.07. The molecule has 0 unspecified atom stereocenters. The number of halogens is 1. The molecule has 86 valence electrons. The maximum Gasteiger partial charge on any atom is 0.214 e. The average molecular weight is 242 g/mol. The van der Waals surface area contributed by atoms with Gasteiger partial charge in [-0.25, -0.2) is 8.42 Å². The van der Waals surface area contributed by atoms with Crippen LogP contribution in [0.2, 0.25) is 0 Å². The molecule has 0 heterocycles. The van der Waals surface area contributed by atoms with E-state index in [1.54, 1.807) is 4.31 Å². The minimum atomic E-state index is -3.07. The SMILES string of the molecule is CCCS(=O)(=O)N(CCCCl)C(C)C. The standard InChI is InChI=1S/C9H20ClNO2S/c1-4-8-14(12,13)11(9(2)3)7-5-6-10/h9H,4-8H2,1-3H3. The van der Waals surface area contributed by atoms with E-state index in [-0.39, 0.29) is 11.8 Å². The van der Waals surface area contributed by atoms with Gasteiger partial charge in [-0.15, -0.1) is 11.6 Å². The summed E-state index contributed by atoms with van der Waals surface area (Å²) in [5.74, 6) is 0.734. The van der Waals surface area contributed by atoms with Crippen LogP contribution < -0.4 is 0 Å². The van der Waals surface area contributed by atoms with Gasteiger partial charge in [0.25, 0.3) is 0 Å². The Balaban J connectivity index is 4.48. The van der Waals surface area contributed by atoms with E-state index in [0.29, 0.717) is 25.3 Å². The fourth-order valence-corrected chi connectivity index (χ4v) is 3.23. The lowest BCUT2D eigenvalue weighted by molar-refractivity contribution is 0.354. The van der Waals surface area contributed by atoms with Crippen LogP contribution in [0.1, 0.15) is 33.6 Å². The van der Waals surface area contributed by atoms with Crippen LogP contribution in [-0.4, -0.2) is 36.9 Å². The third kappa shape index (κ3) is 4.62. The summed E-state index contributed by atoms with van der Waals surface area (Å²) in [5, 5.41) is 0. The highest BCUT2D eigenvalue weighted by Crippen LogP contribution is 2.09. The molecule has 5 heteroatoms. The van der Waals surface area contributed by atoms with Gasteiger partial charge in [-0.1, -0.05) is 6.92 Å². The van der Waals surface area contributed by atoms with E-state index in [2.05, 4.69) is 0 Å². The lowest BCUT2D eigenvalue weighted by Gasteiger charge is -2.25. The van der Waals surface area contributed by atoms with Crippen LogP contribution in [0.3, 0.4) is 0 Å². The molecule has 0 aliphatic rings. The molecule has 0 saturated carbocycles. The Bertz CT molecular complexity index is 239. The minimum absolute atomic E-state index is 0.0229. The molecule has 3 nitrogen and oxygen atoms in total. The van der Waals surface area contributed by atoms with Crippen molar-refractivity contribution < 1.29 is 8.42 Å². The summed E-state index contributed by atoms with van der Waals surface area (Å²) in [6, 6.07) is 0.0229. The van der Waals surface area contributed by atoms with Crippen molar-refractivity contribution in [1.82, 2.24) is 4.31 Å². The molecule has 0 aliphatic carbocycles. The second-order valence-corrected chi connectivity index (χ2v) is 5.98. The van der Waals surface area contributed by atoms with Gasteiger partial charge in [0.2, 0.25) is 10.0 Å². The largest absolute Gasteiger partial charge is 0.214 e. The third-order valence-electron chi connectivity index (χ3n) is 1.91. The number of alkyl halides is 1. The van der Waals surface area contributed by atoms with Crippen molar-refractivity contribution in [3.63, 3.8) is 0 Å². The van der Waals surface area contributed by atoms with Crippen molar-refractivity contribution in [3.05, 3.63) is 0 Å². The summed E-state index contributed by atoms with van der Waals surface area (Å²) < 4.78 is 25.1. The highest BCUT2D eigenvalue weighted by Gasteiger charge is 2.22. The Labute approximate surface area is 92.5 Å². The first-order valence-electron chi connectivity index (χ1n) is 5.01. The molecular weight excluding hydrogens is 222 g/mol. The Hall–Kier alpha value is 0.200. The molecule has 0 radical (unpaired) electrons. The first-order chi connectivity index (χ1) is 6.45. The highest BCUT2D eigenvalue weighted by molar-refractivity contribution is 7.89. The Morgan fingerprint density at radius 1 is 1.36 bits per heavy atom. The molecule has 0 aromatic heterocycles. The van der Waals surface area contributed by atoms with Gasteiger partial charge >= 0.3 is 0 Å². The average Bonchev–Trinajstić information content (AvgIpc) is 2.03. The molecule has 0 amide bonds. The van der Waals surface area contributed by atoms with Gasteiger partial charge in [0.05, 0.1) is 5.75 Å². The highest BCUT2D eigenvalue weighted by atomic mass is 35.5. The molecule has 0 rings (SSSR count). The van der Waals surface area contributed by atoms with Gasteiger partial charge in [0.1, 0.15) is 0 Å². The van der Waals surface area contributed by atoms with E-state index in [4.69, 9.17) is 11.6 Å². The molecule has 0 saturated heterocycles. The molecule has 0 spiro atoms. The zero-order valence-corrected chi connectivity index (χ0v) is 10.7. The summed E-state index contributed by atoms with van der Waals surface area (Å²) in [6.07, 6.45) is 1.37. The molecule has 0 aromatic rings. The first kappa shape index (κ1) is 14.2. The van der Waals surface area contributed by atoms with Crippen molar-refractivity contribution >= 4 is 21.6 Å². The van der Waals surface area contributed by atoms with E-state index in [0.717, 1.165) is 0 Å². The van der Waals surface area contributed by atoms with Gasteiger partial charge in [-0.2, -0.15) is 4.31 Å². The van der Waals surface area contributed by atoms with Crippen LogP contribution in [0.15, 0.2) is 0 Å². The van der Waals surface area contributed by atoms with Crippen molar-refractivity contribution in [2.45, 2.75) is 39.7 Å². The maximum absolute atomic E-state index is 11.8. The normalized spacial score (nSPS) is 12.7. The van der Waals surface area contributed by atoms with Gasteiger partial charge in [0, 0.05) is 18.5 Å². The van der Waals surface area contributed by atoms with Crippen LogP contribution in [0.5, 0.6) is 0 Å². The minimum Gasteiger partial charge on any atom is -0.212 e. The smallest absolute Gasteiger partial charge is 0.212 e. The number of hydrogen-bond donors (Lipinski definition) is 0. The maximum atomic E-state index is 11.8. The van der Waals surface area contributed by atoms with Gasteiger partial charge in [-0.3, -0.25) is 0 Å². The number of hydrogen-bond acceptors (Lipinski definition) is 2. The fraction of sp³-hybridized carbons (Fsp3) is 1.00. The van der Waals surface area contributed by atoms with Crippen molar-refractivity contribution in [1.29, 1.82) is 0 Å². The number of nitrogens with zero attached hydrogens (tertiary/aromatic N) is 1. The quantitative estimate of drug-likeness (QED) is 0.640. The van der Waals surface area contributed by atoms with E-state index < -0.39 is 10.0 Å². The topological polar surface area (TPSA) is 37.4 Å². The van der Waals surface area contributed by atoms with Crippen molar-refractivity contribution in [2.24, 2.45) is 0 Å². The number of sulfonamides is 1. The summed E-state index contributed by atoms with van der Waals surface area (Å²) in [7, 11) is -3.07. The van der Waals surface area contributed by atoms with Crippen LogP contribution in [-0.2, 0) is 10.0 Å². The van der Waals surface area contributed by atoms with Crippen molar-refractivity contribution in [3.8, 4) is 0 Å². The Kier molecular flexibility index (Phi) is 6.74. The zero-order chi connectivity index (χ0) is 11.2. The van der Waals surface area contributed by atoms with Gasteiger partial charge in [-0.05, 0) is 26.7 Å². The lowest BCUT2D eigenvalue weighted by Crippen LogP contribution is -2.39. The molecule has 14 heavy (non-hydrogen) atoms. The summed E-state index contributed by atoms with van der Waals surface area (Å²) in [5.41, 5.74) is 0. The molecule has 0 N–H and O–H groups in total. The van der Waals surface area contributed by atoms with Crippen molar-refractivity contribution in [2.75, 3.05) is 18.2 Å². The van der Waals surface area contributed by atoms with E-state index >= 15 is 0 Å². The molecule has 0 aromatic carbocycles. The van der Waals surface area contributed by atoms with E-state index in [1.165, 1.54) is 0 Å². The van der Waals surface area contributed by atoms with E-state index in [1.807, 2.05) is 20.8 Å². The third-order valence-corrected chi connectivity index (χ3v) is 4.42. The first-order valence-corrected chi connectivity index (χ1v) is 7.15. The zero-order valence-electron chi connectivity index (χ0n) is 9.16. The summed E-state index contributed by atoms with van der Waals surface area (Å²) in [6.45, 7) is 6.18. The van der Waals surface area contributed by atoms with E-state index in [9.17, 15) is 8.42 Å². The van der Waals surface area contributed by atoms with Crippen LogP contribution in [0.4, 0.5) is 0 Å². The summed E-state index contributed by atoms with van der Waals surface area (Å²) >= 11 is 5.56. The van der Waals surface area contributed by atoms with Gasteiger partial charge < -0.3 is 0 Å². The lowest BCUT2D eigenvalue weighted by atomic mass is 10.4. The second kappa shape index (κ2) is 6.64. The molecular formula is C9H20ClNO2S. The van der Waals surface area contributed by atoms with Crippen LogP contribution in [0.25, 0.3) is 0 Å². The predicted molar refractivity (Wildman–Crippen MR) is 61.3 cm³/mol. The fourth-order valence-electron chi connectivity index (χ4n) is 1.31. The molecule has 0 atom stereocenters. The summed E-state index contributed by atoms with van der Waals surface area (Å²) in [4.78, 5) is 0. The molecule has 0 bridgehead atoms. The second-order valence-electron chi connectivity index (χ2n) is 3.56. The Morgan fingerprint density at radius 2 is 1.93 bits per heavy atom. The monoisotopic (exact) mass is 241 g/mol.